The highest BCUT2D eigenvalue weighted by molar-refractivity contribution is 6.03. The number of anilines is 3. The zero-order chi connectivity index (χ0) is 24.8. The van der Waals surface area contributed by atoms with Gasteiger partial charge in [0.1, 0.15) is 23.3 Å². The van der Waals surface area contributed by atoms with Crippen molar-refractivity contribution in [1.82, 2.24) is 15.5 Å². The normalized spacial score (nSPS) is 13.9. The third kappa shape index (κ3) is 7.43. The number of rotatable bonds is 6. The number of urea groups is 1. The molecule has 2 aromatic heterocycles. The minimum Gasteiger partial charge on any atom is -0.490 e. The molecule has 1 saturated heterocycles. The molecule has 0 bridgehead atoms. The molecule has 3 aromatic rings. The number of amides is 3. The molecule has 4 rings (SSSR count). The molecular formula is C25H31ClN6O4. The zero-order valence-corrected chi connectivity index (χ0v) is 21.3. The summed E-state index contributed by atoms with van der Waals surface area (Å²) in [6.45, 7) is 7.83. The molecule has 10 nitrogen and oxygen atoms in total. The predicted molar refractivity (Wildman–Crippen MR) is 140 cm³/mol. The molecule has 11 heteroatoms. The van der Waals surface area contributed by atoms with E-state index in [4.69, 9.17) is 9.26 Å². The fraction of sp³-hybridized carbons (Fsp3) is 0.360. The van der Waals surface area contributed by atoms with Gasteiger partial charge in [-0.3, -0.25) is 15.1 Å². The van der Waals surface area contributed by atoms with Crippen LogP contribution in [0, 0.1) is 0 Å². The Morgan fingerprint density at radius 2 is 1.67 bits per heavy atom. The molecular weight excluding hydrogens is 484 g/mol. The van der Waals surface area contributed by atoms with Crippen LogP contribution in [0.25, 0.3) is 0 Å². The summed E-state index contributed by atoms with van der Waals surface area (Å²) in [5.41, 5.74) is 1.18. The lowest BCUT2D eigenvalue weighted by atomic mass is 9.93. The smallest absolute Gasteiger partial charge is 0.324 e. The summed E-state index contributed by atoms with van der Waals surface area (Å²) < 4.78 is 11.3. The van der Waals surface area contributed by atoms with Crippen LogP contribution in [0.4, 0.5) is 22.0 Å². The molecule has 3 amide bonds. The van der Waals surface area contributed by atoms with E-state index < -0.39 is 6.03 Å². The molecule has 4 N–H and O–H groups in total. The molecule has 192 valence electrons. The van der Waals surface area contributed by atoms with Gasteiger partial charge in [-0.05, 0) is 56.3 Å². The summed E-state index contributed by atoms with van der Waals surface area (Å²) in [6.07, 6.45) is 3.56. The van der Waals surface area contributed by atoms with Crippen LogP contribution < -0.4 is 26.0 Å². The summed E-state index contributed by atoms with van der Waals surface area (Å²) in [5, 5.41) is 15.3. The van der Waals surface area contributed by atoms with Crippen LogP contribution in [-0.2, 0) is 5.41 Å². The molecule has 0 spiro atoms. The number of aromatic nitrogens is 2. The monoisotopic (exact) mass is 514 g/mol. The molecule has 0 saturated carbocycles. The molecule has 1 aliphatic heterocycles. The number of carbonyl (C=O) groups is 2. The van der Waals surface area contributed by atoms with Gasteiger partial charge in [-0.25, -0.2) is 4.79 Å². The van der Waals surface area contributed by atoms with E-state index in [1.807, 2.05) is 20.8 Å². The lowest BCUT2D eigenvalue weighted by Crippen LogP contribution is -2.34. The second-order valence-corrected chi connectivity index (χ2v) is 9.38. The maximum atomic E-state index is 12.7. The topological polar surface area (TPSA) is 130 Å². The number of halogens is 1. The maximum Gasteiger partial charge on any atom is 0.324 e. The number of pyridine rings is 1. The van der Waals surface area contributed by atoms with Gasteiger partial charge in [0.15, 0.2) is 5.82 Å². The van der Waals surface area contributed by atoms with Gasteiger partial charge in [-0.2, -0.15) is 0 Å². The fourth-order valence-corrected chi connectivity index (χ4v) is 3.51. The van der Waals surface area contributed by atoms with E-state index in [1.165, 1.54) is 0 Å². The Labute approximate surface area is 216 Å². The summed E-state index contributed by atoms with van der Waals surface area (Å²) in [4.78, 5) is 29.1. The lowest BCUT2D eigenvalue weighted by Gasteiger charge is -2.23. The third-order valence-electron chi connectivity index (χ3n) is 5.44. The number of hydrogen-bond acceptors (Lipinski definition) is 7. The molecule has 1 aliphatic rings. The van der Waals surface area contributed by atoms with Gasteiger partial charge in [0, 0.05) is 35.1 Å². The molecule has 36 heavy (non-hydrogen) atoms. The summed E-state index contributed by atoms with van der Waals surface area (Å²) in [7, 11) is 0. The standard InChI is InChI=1S/C25H30N6O4.ClH/c1-25(2,3)21-15-22(31-35-21)30-24(33)29-17-6-4-16(5-7-17)28-23(32)20-14-19(10-13-27-20)34-18-8-11-26-12-9-18;/h4-7,10,13-15,18,26H,8-9,11-12H2,1-3H3,(H,28,32)(H2,29,30,31,33);1H. The number of piperidine rings is 1. The second-order valence-electron chi connectivity index (χ2n) is 9.38. The van der Waals surface area contributed by atoms with Gasteiger partial charge in [0.2, 0.25) is 0 Å². The van der Waals surface area contributed by atoms with Crippen LogP contribution in [0.1, 0.15) is 49.9 Å². The van der Waals surface area contributed by atoms with Crippen LogP contribution in [0.15, 0.2) is 53.2 Å². The summed E-state index contributed by atoms with van der Waals surface area (Å²) in [6, 6.07) is 11.4. The van der Waals surface area contributed by atoms with Crippen molar-refractivity contribution in [3.8, 4) is 5.75 Å². The van der Waals surface area contributed by atoms with E-state index in [0.717, 1.165) is 25.9 Å². The average molecular weight is 515 g/mol. The van der Waals surface area contributed by atoms with Crippen LogP contribution in [0.2, 0.25) is 0 Å². The number of ether oxygens (including phenoxy) is 1. The van der Waals surface area contributed by atoms with Gasteiger partial charge in [0.25, 0.3) is 5.91 Å². The number of benzene rings is 1. The minimum atomic E-state index is -0.453. The molecule has 0 atom stereocenters. The van der Waals surface area contributed by atoms with Gasteiger partial charge in [-0.15, -0.1) is 12.4 Å². The second kappa shape index (κ2) is 11.9. The van der Waals surface area contributed by atoms with Crippen molar-refractivity contribution < 1.29 is 18.8 Å². The minimum absolute atomic E-state index is 0. The molecule has 0 aliphatic carbocycles. The first kappa shape index (κ1) is 27.0. The van der Waals surface area contributed by atoms with Crippen molar-refractivity contribution in [2.45, 2.75) is 45.1 Å². The van der Waals surface area contributed by atoms with Gasteiger partial charge in [0.05, 0.1) is 0 Å². The third-order valence-corrected chi connectivity index (χ3v) is 5.44. The number of nitrogens with one attached hydrogen (secondary N) is 4. The molecule has 1 aromatic carbocycles. The van der Waals surface area contributed by atoms with E-state index in [1.54, 1.807) is 48.7 Å². The van der Waals surface area contributed by atoms with Crippen LogP contribution in [0.3, 0.4) is 0 Å². The van der Waals surface area contributed by atoms with Crippen molar-refractivity contribution in [2.24, 2.45) is 0 Å². The highest BCUT2D eigenvalue weighted by Crippen LogP contribution is 2.24. The van der Waals surface area contributed by atoms with Gasteiger partial charge < -0.3 is 25.2 Å². The Hall–Kier alpha value is -3.63. The Morgan fingerprint density at radius 1 is 1.00 bits per heavy atom. The highest BCUT2D eigenvalue weighted by Gasteiger charge is 2.20. The van der Waals surface area contributed by atoms with Gasteiger partial charge in [-0.1, -0.05) is 25.9 Å². The van der Waals surface area contributed by atoms with Crippen molar-refractivity contribution in [1.29, 1.82) is 0 Å². The first-order valence-corrected chi connectivity index (χ1v) is 11.6. The van der Waals surface area contributed by atoms with Crippen LogP contribution in [0.5, 0.6) is 5.75 Å². The first-order chi connectivity index (χ1) is 16.8. The van der Waals surface area contributed by atoms with Crippen molar-refractivity contribution in [3.63, 3.8) is 0 Å². The van der Waals surface area contributed by atoms with Gasteiger partial charge >= 0.3 is 6.03 Å². The van der Waals surface area contributed by atoms with E-state index in [0.29, 0.717) is 28.7 Å². The SMILES string of the molecule is CC(C)(C)c1cc(NC(=O)Nc2ccc(NC(=O)c3cc(OC4CCNCC4)ccn3)cc2)no1.Cl. The largest absolute Gasteiger partial charge is 0.490 e. The summed E-state index contributed by atoms with van der Waals surface area (Å²) in [5.74, 6) is 1.28. The van der Waals surface area contributed by atoms with E-state index in [2.05, 4.69) is 31.4 Å². The van der Waals surface area contributed by atoms with Crippen LogP contribution in [-0.4, -0.2) is 41.3 Å². The Kier molecular flexibility index (Phi) is 8.89. The van der Waals surface area contributed by atoms with E-state index in [9.17, 15) is 9.59 Å². The maximum absolute atomic E-state index is 12.7. The van der Waals surface area contributed by atoms with Crippen LogP contribution >= 0.6 is 12.4 Å². The fourth-order valence-electron chi connectivity index (χ4n) is 3.51. The number of hydrogen-bond donors (Lipinski definition) is 4. The average Bonchev–Trinajstić information content (AvgIpc) is 3.30. The van der Waals surface area contributed by atoms with Crippen molar-refractivity contribution in [3.05, 3.63) is 60.1 Å². The molecule has 1 fully saturated rings. The van der Waals surface area contributed by atoms with Crippen molar-refractivity contribution >= 4 is 41.5 Å². The summed E-state index contributed by atoms with van der Waals surface area (Å²) >= 11 is 0. The van der Waals surface area contributed by atoms with E-state index >= 15 is 0 Å². The highest BCUT2D eigenvalue weighted by atomic mass is 35.5. The Morgan fingerprint density at radius 3 is 2.31 bits per heavy atom. The Balaban J connectivity index is 0.00000361. The first-order valence-electron chi connectivity index (χ1n) is 11.6. The predicted octanol–water partition coefficient (Wildman–Crippen LogP) is 4.82. The number of carbonyl (C=O) groups excluding carboxylic acids is 2. The Bertz CT molecular complexity index is 1170. The quantitative estimate of drug-likeness (QED) is 0.371. The number of nitrogens with zero attached hydrogens (tertiary/aromatic N) is 2. The molecule has 0 radical (unpaired) electrons. The molecule has 0 unspecified atom stereocenters. The van der Waals surface area contributed by atoms with E-state index in [-0.39, 0.29) is 35.5 Å². The van der Waals surface area contributed by atoms with Crippen molar-refractivity contribution in [2.75, 3.05) is 29.0 Å². The molecule has 3 heterocycles. The lowest BCUT2D eigenvalue weighted by molar-refractivity contribution is 0.102. The zero-order valence-electron chi connectivity index (χ0n) is 20.5.